The van der Waals surface area contributed by atoms with E-state index in [2.05, 4.69) is 11.1 Å². The quantitative estimate of drug-likeness (QED) is 0.757. The molecule has 1 unspecified atom stereocenters. The first-order valence-electron chi connectivity index (χ1n) is 5.74. The maximum absolute atomic E-state index is 9.81. The first-order valence-corrected chi connectivity index (χ1v) is 5.74. The fourth-order valence-electron chi connectivity index (χ4n) is 2.85. The molecule has 0 saturated heterocycles. The van der Waals surface area contributed by atoms with Gasteiger partial charge in [-0.2, -0.15) is 5.26 Å². The number of nitrogens with zero attached hydrogens (tertiary/aromatic N) is 2. The summed E-state index contributed by atoms with van der Waals surface area (Å²) in [6.07, 6.45) is -1.01. The molecular formula is C15H8N2O. The number of aliphatic hydroxyl groups is 1. The zero-order chi connectivity index (χ0) is 12.3. The van der Waals surface area contributed by atoms with Crippen molar-refractivity contribution in [1.82, 2.24) is 0 Å². The Balaban J connectivity index is 2.22. The van der Waals surface area contributed by atoms with Crippen LogP contribution in [0.4, 0.5) is 0 Å². The van der Waals surface area contributed by atoms with Gasteiger partial charge in [-0.05, 0) is 16.3 Å². The van der Waals surface area contributed by atoms with Crippen LogP contribution >= 0.6 is 0 Å². The van der Waals surface area contributed by atoms with Crippen LogP contribution in [0.2, 0.25) is 0 Å². The molecule has 0 bridgehead atoms. The second-order valence-electron chi connectivity index (χ2n) is 4.46. The van der Waals surface area contributed by atoms with Gasteiger partial charge in [-0.25, -0.2) is 4.99 Å². The summed E-state index contributed by atoms with van der Waals surface area (Å²) < 4.78 is 0. The van der Waals surface area contributed by atoms with Gasteiger partial charge in [0.25, 0.3) is 0 Å². The number of aliphatic hydroxyl groups excluding tert-OH is 1. The van der Waals surface area contributed by atoms with Gasteiger partial charge in [-0.15, -0.1) is 0 Å². The van der Waals surface area contributed by atoms with E-state index in [0.29, 0.717) is 5.57 Å². The van der Waals surface area contributed by atoms with E-state index in [1.807, 2.05) is 36.4 Å². The highest BCUT2D eigenvalue weighted by atomic mass is 16.3. The van der Waals surface area contributed by atoms with E-state index < -0.39 is 6.23 Å². The van der Waals surface area contributed by atoms with Gasteiger partial charge in [-0.1, -0.05) is 36.4 Å². The van der Waals surface area contributed by atoms with E-state index in [1.165, 1.54) is 0 Å². The summed E-state index contributed by atoms with van der Waals surface area (Å²) in [6.45, 7) is 0. The summed E-state index contributed by atoms with van der Waals surface area (Å²) in [5.41, 5.74) is 3.94. The molecule has 1 atom stereocenters. The van der Waals surface area contributed by atoms with Crippen LogP contribution in [-0.4, -0.2) is 17.0 Å². The number of benzene rings is 2. The van der Waals surface area contributed by atoms with Gasteiger partial charge < -0.3 is 5.11 Å². The maximum Gasteiger partial charge on any atom is 0.182 e. The van der Waals surface area contributed by atoms with E-state index in [-0.39, 0.29) is 0 Å². The van der Waals surface area contributed by atoms with Crippen molar-refractivity contribution in [3.63, 3.8) is 0 Å². The second kappa shape index (κ2) is 3.06. The lowest BCUT2D eigenvalue weighted by atomic mass is 10.0. The zero-order valence-electron chi connectivity index (χ0n) is 9.38. The standard InChI is InChI=1S/C15H8N2O/c16-7-11-13-9-5-1-3-8-4-2-6-10(12(8)9)14(13)17-15(11)18/h1-6,15,18H. The summed E-state index contributed by atoms with van der Waals surface area (Å²) in [6, 6.07) is 14.1. The van der Waals surface area contributed by atoms with Crippen LogP contribution in [0.5, 0.6) is 0 Å². The fraction of sp³-hybridized carbons (Fsp3) is 0.0667. The van der Waals surface area contributed by atoms with E-state index in [4.69, 9.17) is 0 Å². The fourth-order valence-corrected chi connectivity index (χ4v) is 2.85. The molecule has 0 fully saturated rings. The average molecular weight is 232 g/mol. The number of hydrogen-bond donors (Lipinski definition) is 1. The van der Waals surface area contributed by atoms with Gasteiger partial charge in [-0.3, -0.25) is 0 Å². The molecule has 2 aromatic carbocycles. The minimum Gasteiger partial charge on any atom is -0.367 e. The molecular weight excluding hydrogens is 224 g/mol. The smallest absolute Gasteiger partial charge is 0.182 e. The normalized spacial score (nSPS) is 20.0. The van der Waals surface area contributed by atoms with Crippen LogP contribution in [0, 0.1) is 11.3 Å². The number of aliphatic imine (C=N–C) groups is 1. The van der Waals surface area contributed by atoms with Gasteiger partial charge in [0.15, 0.2) is 6.23 Å². The third kappa shape index (κ3) is 0.946. The summed E-state index contributed by atoms with van der Waals surface area (Å²) in [5, 5.41) is 21.3. The van der Waals surface area contributed by atoms with Crippen LogP contribution in [0.3, 0.4) is 0 Å². The van der Waals surface area contributed by atoms with E-state index in [1.54, 1.807) is 0 Å². The Labute approximate surface area is 103 Å². The second-order valence-corrected chi connectivity index (χ2v) is 4.46. The predicted molar refractivity (Wildman–Crippen MR) is 69.0 cm³/mol. The Bertz CT molecular complexity index is 804. The highest BCUT2D eigenvalue weighted by Gasteiger charge is 2.35. The molecule has 3 heteroatoms. The monoisotopic (exact) mass is 232 g/mol. The Kier molecular flexibility index (Phi) is 1.63. The molecule has 2 aliphatic rings. The third-order valence-electron chi connectivity index (χ3n) is 3.57. The van der Waals surface area contributed by atoms with Crippen LogP contribution in [0.15, 0.2) is 47.0 Å². The number of rotatable bonds is 0. The molecule has 18 heavy (non-hydrogen) atoms. The molecule has 0 radical (unpaired) electrons. The van der Waals surface area contributed by atoms with Crippen molar-refractivity contribution in [3.8, 4) is 6.07 Å². The maximum atomic E-state index is 9.81. The predicted octanol–water partition coefficient (Wildman–Crippen LogP) is 2.25. The van der Waals surface area contributed by atoms with Crippen LogP contribution in [0.25, 0.3) is 16.3 Å². The van der Waals surface area contributed by atoms with E-state index in [0.717, 1.165) is 33.2 Å². The van der Waals surface area contributed by atoms with Crippen LogP contribution < -0.4 is 0 Å². The number of nitriles is 1. The van der Waals surface area contributed by atoms with Crippen LogP contribution in [-0.2, 0) is 0 Å². The van der Waals surface area contributed by atoms with Gasteiger partial charge in [0.1, 0.15) is 6.07 Å². The van der Waals surface area contributed by atoms with E-state index in [9.17, 15) is 10.4 Å². The molecule has 1 aliphatic carbocycles. The topological polar surface area (TPSA) is 56.4 Å². The minimum absolute atomic E-state index is 0.355. The zero-order valence-corrected chi connectivity index (χ0v) is 9.38. The number of allylic oxidation sites excluding steroid dienone is 1. The van der Waals surface area contributed by atoms with Crippen molar-refractivity contribution in [2.45, 2.75) is 6.23 Å². The molecule has 1 heterocycles. The lowest BCUT2D eigenvalue weighted by Gasteiger charge is -2.03. The van der Waals surface area contributed by atoms with Crippen molar-refractivity contribution in [3.05, 3.63) is 53.1 Å². The van der Waals surface area contributed by atoms with Gasteiger partial charge in [0.2, 0.25) is 0 Å². The largest absolute Gasteiger partial charge is 0.367 e. The van der Waals surface area contributed by atoms with Gasteiger partial charge in [0.05, 0.1) is 11.3 Å². The van der Waals surface area contributed by atoms with Crippen molar-refractivity contribution < 1.29 is 5.11 Å². The Morgan fingerprint density at radius 2 is 1.83 bits per heavy atom. The molecule has 1 aliphatic heterocycles. The molecule has 2 aromatic rings. The molecule has 4 rings (SSSR count). The highest BCUT2D eigenvalue weighted by molar-refractivity contribution is 6.44. The Hall–Kier alpha value is -2.44. The molecule has 0 amide bonds. The molecule has 0 aromatic heterocycles. The summed E-state index contributed by atoms with van der Waals surface area (Å²) in [5.74, 6) is 0. The molecule has 0 spiro atoms. The van der Waals surface area contributed by atoms with Crippen molar-refractivity contribution >= 4 is 22.1 Å². The Morgan fingerprint density at radius 3 is 2.56 bits per heavy atom. The van der Waals surface area contributed by atoms with Crippen molar-refractivity contribution in [2.24, 2.45) is 4.99 Å². The lowest BCUT2D eigenvalue weighted by Crippen LogP contribution is -2.01. The van der Waals surface area contributed by atoms with Crippen molar-refractivity contribution in [1.29, 1.82) is 5.26 Å². The van der Waals surface area contributed by atoms with Gasteiger partial charge in [0, 0.05) is 11.1 Å². The molecule has 1 N–H and O–H groups in total. The third-order valence-corrected chi connectivity index (χ3v) is 3.57. The summed E-state index contributed by atoms with van der Waals surface area (Å²) >= 11 is 0. The average Bonchev–Trinajstić information content (AvgIpc) is 2.87. The molecule has 3 nitrogen and oxygen atoms in total. The first-order chi connectivity index (χ1) is 8.81. The first kappa shape index (κ1) is 9.58. The van der Waals surface area contributed by atoms with E-state index >= 15 is 0 Å². The molecule has 0 saturated carbocycles. The highest BCUT2D eigenvalue weighted by Crippen LogP contribution is 2.43. The summed E-state index contributed by atoms with van der Waals surface area (Å²) in [4.78, 5) is 4.22. The van der Waals surface area contributed by atoms with Gasteiger partial charge >= 0.3 is 0 Å². The molecule has 84 valence electrons. The SMILES string of the molecule is N#CC1=C2C(=NC1O)c1cccc3cccc2c13. The minimum atomic E-state index is -1.01. The number of fused-ring (bicyclic) bond motifs is 3. The lowest BCUT2D eigenvalue weighted by molar-refractivity contribution is 0.230. The summed E-state index contributed by atoms with van der Waals surface area (Å²) in [7, 11) is 0. The number of hydrogen-bond acceptors (Lipinski definition) is 3. The van der Waals surface area contributed by atoms with Crippen molar-refractivity contribution in [2.75, 3.05) is 0 Å². The van der Waals surface area contributed by atoms with Crippen LogP contribution in [0.1, 0.15) is 11.1 Å². The Morgan fingerprint density at radius 1 is 1.11 bits per heavy atom.